The fraction of sp³-hybridized carbons (Fsp3) is 1.00. The Morgan fingerprint density at radius 2 is 2.10 bits per heavy atom. The highest BCUT2D eigenvalue weighted by molar-refractivity contribution is 4.90. The molecule has 0 amide bonds. The number of likely N-dealkylation sites (tertiary alicyclic amines) is 1. The van der Waals surface area contributed by atoms with E-state index in [0.717, 1.165) is 18.8 Å². The fourth-order valence-corrected chi connectivity index (χ4v) is 2.44. The summed E-state index contributed by atoms with van der Waals surface area (Å²) >= 11 is 0. The van der Waals surface area contributed by atoms with Crippen molar-refractivity contribution >= 4 is 0 Å². The average Bonchev–Trinajstić information content (AvgIpc) is 2.07. The molecule has 1 saturated heterocycles. The number of hydrogen-bond donors (Lipinski definition) is 1. The van der Waals surface area contributed by atoms with Crippen molar-refractivity contribution in [2.75, 3.05) is 13.6 Å². The van der Waals surface area contributed by atoms with Gasteiger partial charge in [-0.25, -0.2) is 0 Å². The van der Waals surface area contributed by atoms with Gasteiger partial charge in [-0.3, -0.25) is 0 Å². The quantitative estimate of drug-likeness (QED) is 0.530. The molecule has 1 aliphatic carbocycles. The second-order valence-corrected chi connectivity index (χ2v) is 3.82. The number of aliphatic hydroxyl groups is 1. The molecule has 0 aromatic heterocycles. The lowest BCUT2D eigenvalue weighted by Crippen LogP contribution is -2.29. The van der Waals surface area contributed by atoms with Gasteiger partial charge in [-0.15, -0.1) is 0 Å². The Morgan fingerprint density at radius 3 is 2.80 bits per heavy atom. The molecule has 2 fully saturated rings. The van der Waals surface area contributed by atoms with Crippen LogP contribution in [0.25, 0.3) is 0 Å². The lowest BCUT2D eigenvalue weighted by molar-refractivity contribution is 0.102. The van der Waals surface area contributed by atoms with Crippen LogP contribution in [0, 0.1) is 5.92 Å². The molecule has 58 valence electrons. The van der Waals surface area contributed by atoms with E-state index in [1.807, 2.05) is 0 Å². The van der Waals surface area contributed by atoms with Gasteiger partial charge in [0.15, 0.2) is 0 Å². The van der Waals surface area contributed by atoms with Gasteiger partial charge in [-0.1, -0.05) is 0 Å². The van der Waals surface area contributed by atoms with Gasteiger partial charge in [0.05, 0.1) is 6.10 Å². The molecule has 2 rings (SSSR count). The van der Waals surface area contributed by atoms with E-state index < -0.39 is 0 Å². The topological polar surface area (TPSA) is 23.5 Å². The number of aliphatic hydroxyl groups excluding tert-OH is 1. The maximum absolute atomic E-state index is 9.38. The molecule has 2 aliphatic rings. The molecule has 1 saturated carbocycles. The Morgan fingerprint density at radius 1 is 1.30 bits per heavy atom. The minimum absolute atomic E-state index is 0.00583. The third-order valence-electron chi connectivity index (χ3n) is 2.92. The summed E-state index contributed by atoms with van der Waals surface area (Å²) in [7, 11) is 2.17. The van der Waals surface area contributed by atoms with Gasteiger partial charge in [0.25, 0.3) is 0 Å². The van der Waals surface area contributed by atoms with Crippen molar-refractivity contribution in [3.8, 4) is 0 Å². The molecule has 0 aromatic rings. The first-order chi connectivity index (χ1) is 4.75. The van der Waals surface area contributed by atoms with Gasteiger partial charge in [-0.05, 0) is 32.2 Å². The zero-order chi connectivity index (χ0) is 7.14. The van der Waals surface area contributed by atoms with Gasteiger partial charge in [0.1, 0.15) is 0 Å². The van der Waals surface area contributed by atoms with Gasteiger partial charge in [0, 0.05) is 12.6 Å². The highest BCUT2D eigenvalue weighted by Gasteiger charge is 2.36. The van der Waals surface area contributed by atoms with Gasteiger partial charge < -0.3 is 10.0 Å². The second-order valence-electron chi connectivity index (χ2n) is 3.82. The minimum atomic E-state index is -0.00583. The molecule has 2 unspecified atom stereocenters. The number of rotatable bonds is 0. The normalized spacial score (nSPS) is 48.0. The molecular weight excluding hydrogens is 126 g/mol. The number of hydrogen-bond acceptors (Lipinski definition) is 2. The monoisotopic (exact) mass is 141 g/mol. The van der Waals surface area contributed by atoms with E-state index >= 15 is 0 Å². The summed E-state index contributed by atoms with van der Waals surface area (Å²) in [6.07, 6.45) is 3.37. The van der Waals surface area contributed by atoms with E-state index in [9.17, 15) is 5.11 Å². The third kappa shape index (κ3) is 0.956. The molecule has 2 nitrogen and oxygen atoms in total. The molecule has 0 radical (unpaired) electrons. The summed E-state index contributed by atoms with van der Waals surface area (Å²) < 4.78 is 0. The molecule has 10 heavy (non-hydrogen) atoms. The maximum atomic E-state index is 9.38. The summed E-state index contributed by atoms with van der Waals surface area (Å²) in [6.45, 7) is 1.21. The Kier molecular flexibility index (Phi) is 1.46. The van der Waals surface area contributed by atoms with Crippen molar-refractivity contribution in [3.05, 3.63) is 0 Å². The number of nitrogens with zero attached hydrogens (tertiary/aromatic N) is 1. The molecule has 1 heterocycles. The second kappa shape index (κ2) is 2.21. The van der Waals surface area contributed by atoms with Gasteiger partial charge in [-0.2, -0.15) is 0 Å². The van der Waals surface area contributed by atoms with E-state index in [1.54, 1.807) is 0 Å². The SMILES string of the molecule is CN1CC2CC1C[C@@H](O)C2. The first-order valence-electron chi connectivity index (χ1n) is 4.14. The van der Waals surface area contributed by atoms with E-state index in [0.29, 0.717) is 6.04 Å². The fourth-order valence-electron chi connectivity index (χ4n) is 2.44. The molecule has 1 aliphatic heterocycles. The van der Waals surface area contributed by atoms with Crippen LogP contribution in [-0.2, 0) is 0 Å². The van der Waals surface area contributed by atoms with Crippen LogP contribution in [0.5, 0.6) is 0 Å². The minimum Gasteiger partial charge on any atom is -0.393 e. The van der Waals surface area contributed by atoms with Crippen LogP contribution < -0.4 is 0 Å². The zero-order valence-electron chi connectivity index (χ0n) is 6.45. The predicted octanol–water partition coefficient (Wildman–Crippen LogP) is 0.461. The first-order valence-corrected chi connectivity index (χ1v) is 4.14. The molecule has 3 atom stereocenters. The predicted molar refractivity (Wildman–Crippen MR) is 39.8 cm³/mol. The van der Waals surface area contributed by atoms with Crippen LogP contribution in [0.2, 0.25) is 0 Å². The van der Waals surface area contributed by atoms with E-state index in [-0.39, 0.29) is 6.10 Å². The molecule has 2 bridgehead atoms. The smallest absolute Gasteiger partial charge is 0.0558 e. The van der Waals surface area contributed by atoms with Crippen LogP contribution >= 0.6 is 0 Å². The molecule has 0 aromatic carbocycles. The molecular formula is C8H15NO. The Bertz CT molecular complexity index is 132. The van der Waals surface area contributed by atoms with Crippen LogP contribution in [0.15, 0.2) is 0 Å². The van der Waals surface area contributed by atoms with E-state index in [1.165, 1.54) is 13.0 Å². The van der Waals surface area contributed by atoms with Crippen LogP contribution in [0.1, 0.15) is 19.3 Å². The summed E-state index contributed by atoms with van der Waals surface area (Å²) in [5.74, 6) is 0.791. The summed E-state index contributed by atoms with van der Waals surface area (Å²) in [6, 6.07) is 0.689. The number of fused-ring (bicyclic) bond motifs is 2. The summed E-state index contributed by atoms with van der Waals surface area (Å²) in [5.41, 5.74) is 0. The third-order valence-corrected chi connectivity index (χ3v) is 2.92. The Labute approximate surface area is 61.8 Å². The summed E-state index contributed by atoms with van der Waals surface area (Å²) in [4.78, 5) is 2.39. The molecule has 2 heteroatoms. The van der Waals surface area contributed by atoms with Crippen LogP contribution in [0.3, 0.4) is 0 Å². The van der Waals surface area contributed by atoms with Crippen LogP contribution in [-0.4, -0.2) is 35.7 Å². The van der Waals surface area contributed by atoms with Crippen molar-refractivity contribution in [1.29, 1.82) is 0 Å². The van der Waals surface area contributed by atoms with E-state index in [4.69, 9.17) is 0 Å². The lowest BCUT2D eigenvalue weighted by atomic mass is 9.88. The van der Waals surface area contributed by atoms with Crippen molar-refractivity contribution in [2.24, 2.45) is 5.92 Å². The van der Waals surface area contributed by atoms with Gasteiger partial charge >= 0.3 is 0 Å². The standard InChI is InChI=1S/C8H15NO/c1-9-5-6-2-7(9)4-8(10)3-6/h6-8,10H,2-5H2,1H3/t6?,7?,8-/m0/s1. The van der Waals surface area contributed by atoms with E-state index in [2.05, 4.69) is 11.9 Å². The average molecular weight is 141 g/mol. The molecule has 1 N–H and O–H groups in total. The lowest BCUT2D eigenvalue weighted by Gasteiger charge is -2.24. The largest absolute Gasteiger partial charge is 0.393 e. The molecule has 0 spiro atoms. The Balaban J connectivity index is 2.06. The highest BCUT2D eigenvalue weighted by Crippen LogP contribution is 2.34. The van der Waals surface area contributed by atoms with Crippen molar-refractivity contribution in [3.63, 3.8) is 0 Å². The first kappa shape index (κ1) is 6.62. The van der Waals surface area contributed by atoms with Crippen molar-refractivity contribution in [1.82, 2.24) is 4.90 Å². The van der Waals surface area contributed by atoms with Crippen molar-refractivity contribution < 1.29 is 5.11 Å². The summed E-state index contributed by atoms with van der Waals surface area (Å²) in [5, 5.41) is 9.38. The highest BCUT2D eigenvalue weighted by atomic mass is 16.3. The van der Waals surface area contributed by atoms with Crippen molar-refractivity contribution in [2.45, 2.75) is 31.4 Å². The zero-order valence-corrected chi connectivity index (χ0v) is 6.45. The van der Waals surface area contributed by atoms with Crippen LogP contribution in [0.4, 0.5) is 0 Å². The van der Waals surface area contributed by atoms with Gasteiger partial charge in [0.2, 0.25) is 0 Å². The maximum Gasteiger partial charge on any atom is 0.0558 e. The Hall–Kier alpha value is -0.0800.